The second kappa shape index (κ2) is 8.13. The Morgan fingerprint density at radius 2 is 1.89 bits per heavy atom. The van der Waals surface area contributed by atoms with E-state index in [-0.39, 0.29) is 11.5 Å². The Kier molecular flexibility index (Phi) is 5.76. The van der Waals surface area contributed by atoms with Gasteiger partial charge in [0.15, 0.2) is 0 Å². The Hall–Kier alpha value is -1.44. The van der Waals surface area contributed by atoms with Crippen LogP contribution in [0.2, 0.25) is 0 Å². The lowest BCUT2D eigenvalue weighted by Crippen LogP contribution is -2.58. The van der Waals surface area contributed by atoms with Gasteiger partial charge in [0.05, 0.1) is 17.4 Å². The third kappa shape index (κ3) is 4.11. The molecule has 7 heteroatoms. The number of hydrogen-bond acceptors (Lipinski definition) is 5. The van der Waals surface area contributed by atoms with E-state index in [1.165, 1.54) is 26.2 Å². The molecule has 0 bridgehead atoms. The average Bonchev–Trinajstić information content (AvgIpc) is 3.14. The summed E-state index contributed by atoms with van der Waals surface area (Å²) in [5.41, 5.74) is 0.646. The smallest absolute Gasteiger partial charge is 0.257 e. The standard InChI is InChI=1S/C21H35N5O2/c1-17(2)24-9-11-25(12-10-24)19-4-13-28-21(14-19)5-7-26(8-6-21)20(27)18-15-22-23(3)16-18/h15-17,19H,4-14H2,1-3H3/t19-/m1/s1. The lowest BCUT2D eigenvalue weighted by atomic mass is 9.81. The number of likely N-dealkylation sites (tertiary alicyclic amines) is 1. The van der Waals surface area contributed by atoms with E-state index in [0.29, 0.717) is 17.6 Å². The Morgan fingerprint density at radius 3 is 2.50 bits per heavy atom. The highest BCUT2D eigenvalue weighted by molar-refractivity contribution is 5.93. The van der Waals surface area contributed by atoms with Gasteiger partial charge in [0.1, 0.15) is 0 Å². The fraction of sp³-hybridized carbons (Fsp3) is 0.810. The number of piperidine rings is 1. The predicted octanol–water partition coefficient (Wildman–Crippen LogP) is 1.60. The van der Waals surface area contributed by atoms with E-state index in [2.05, 4.69) is 28.7 Å². The van der Waals surface area contributed by atoms with Gasteiger partial charge in [-0.2, -0.15) is 5.10 Å². The van der Waals surface area contributed by atoms with Crippen molar-refractivity contribution in [2.75, 3.05) is 45.9 Å². The van der Waals surface area contributed by atoms with Crippen molar-refractivity contribution in [2.24, 2.45) is 7.05 Å². The number of carbonyl (C=O) groups is 1. The second-order valence-corrected chi connectivity index (χ2v) is 9.04. The van der Waals surface area contributed by atoms with Crippen LogP contribution in [0.1, 0.15) is 49.9 Å². The summed E-state index contributed by atoms with van der Waals surface area (Å²) in [6.45, 7) is 11.7. The first-order valence-corrected chi connectivity index (χ1v) is 10.9. The molecule has 3 aliphatic rings. The molecule has 3 saturated heterocycles. The molecule has 0 aliphatic carbocycles. The molecule has 3 aliphatic heterocycles. The van der Waals surface area contributed by atoms with Crippen molar-refractivity contribution in [3.8, 4) is 0 Å². The highest BCUT2D eigenvalue weighted by Gasteiger charge is 2.43. The highest BCUT2D eigenvalue weighted by atomic mass is 16.5. The molecule has 0 aromatic carbocycles. The molecule has 0 radical (unpaired) electrons. The van der Waals surface area contributed by atoms with E-state index in [1.807, 2.05) is 11.9 Å². The van der Waals surface area contributed by atoms with Crippen LogP contribution in [0.3, 0.4) is 0 Å². The van der Waals surface area contributed by atoms with Gasteiger partial charge in [-0.05, 0) is 39.5 Å². The fourth-order valence-corrected chi connectivity index (χ4v) is 5.11. The molecule has 0 unspecified atom stereocenters. The molecule has 4 heterocycles. The van der Waals surface area contributed by atoms with Crippen molar-refractivity contribution < 1.29 is 9.53 Å². The fourth-order valence-electron chi connectivity index (χ4n) is 5.11. The lowest BCUT2D eigenvalue weighted by molar-refractivity contribution is -0.132. The molecule has 0 saturated carbocycles. The molecule has 156 valence electrons. The van der Waals surface area contributed by atoms with Gasteiger partial charge in [0.2, 0.25) is 0 Å². The van der Waals surface area contributed by atoms with E-state index >= 15 is 0 Å². The number of rotatable bonds is 3. The Bertz CT molecular complexity index is 672. The normalized spacial score (nSPS) is 26.9. The molecule has 1 spiro atoms. The number of amides is 1. The molecular formula is C21H35N5O2. The van der Waals surface area contributed by atoms with Crippen molar-refractivity contribution in [1.29, 1.82) is 0 Å². The van der Waals surface area contributed by atoms with Gasteiger partial charge >= 0.3 is 0 Å². The van der Waals surface area contributed by atoms with Crippen LogP contribution in [0.15, 0.2) is 12.4 Å². The van der Waals surface area contributed by atoms with Crippen LogP contribution in [-0.4, -0.2) is 93.9 Å². The van der Waals surface area contributed by atoms with Crippen LogP contribution < -0.4 is 0 Å². The van der Waals surface area contributed by atoms with E-state index in [4.69, 9.17) is 4.74 Å². The minimum atomic E-state index is -0.0379. The monoisotopic (exact) mass is 389 g/mol. The highest BCUT2D eigenvalue weighted by Crippen LogP contribution is 2.37. The number of aryl methyl sites for hydroxylation is 1. The van der Waals surface area contributed by atoms with Crippen LogP contribution in [0.5, 0.6) is 0 Å². The third-order valence-corrected chi connectivity index (χ3v) is 6.98. The molecular weight excluding hydrogens is 354 g/mol. The first-order valence-electron chi connectivity index (χ1n) is 10.9. The molecule has 1 aromatic heterocycles. The summed E-state index contributed by atoms with van der Waals surface area (Å²) in [6.07, 6.45) is 7.61. The number of aromatic nitrogens is 2. The molecule has 0 N–H and O–H groups in total. The van der Waals surface area contributed by atoms with Crippen molar-refractivity contribution in [3.05, 3.63) is 18.0 Å². The number of nitrogens with zero attached hydrogens (tertiary/aromatic N) is 5. The van der Waals surface area contributed by atoms with Crippen molar-refractivity contribution in [1.82, 2.24) is 24.5 Å². The van der Waals surface area contributed by atoms with Gasteiger partial charge in [-0.15, -0.1) is 0 Å². The molecule has 1 aromatic rings. The minimum absolute atomic E-state index is 0.0379. The zero-order chi connectivity index (χ0) is 19.7. The Morgan fingerprint density at radius 1 is 1.18 bits per heavy atom. The van der Waals surface area contributed by atoms with Crippen LogP contribution in [0.4, 0.5) is 0 Å². The van der Waals surface area contributed by atoms with E-state index < -0.39 is 0 Å². The molecule has 1 amide bonds. The molecule has 4 rings (SSSR count). The summed E-state index contributed by atoms with van der Waals surface area (Å²) >= 11 is 0. The number of ether oxygens (including phenoxy) is 1. The third-order valence-electron chi connectivity index (χ3n) is 6.98. The maximum absolute atomic E-state index is 12.7. The number of hydrogen-bond donors (Lipinski definition) is 0. The maximum atomic E-state index is 12.7. The molecule has 3 fully saturated rings. The van der Waals surface area contributed by atoms with Crippen molar-refractivity contribution >= 4 is 5.91 Å². The lowest BCUT2D eigenvalue weighted by Gasteiger charge is -2.50. The zero-order valence-electron chi connectivity index (χ0n) is 17.6. The Balaban J connectivity index is 1.32. The summed E-state index contributed by atoms with van der Waals surface area (Å²) in [5, 5.41) is 4.13. The van der Waals surface area contributed by atoms with Gasteiger partial charge in [0, 0.05) is 71.2 Å². The van der Waals surface area contributed by atoms with E-state index in [1.54, 1.807) is 17.1 Å². The first-order chi connectivity index (χ1) is 13.5. The van der Waals surface area contributed by atoms with Crippen LogP contribution in [-0.2, 0) is 11.8 Å². The minimum Gasteiger partial charge on any atom is -0.375 e. The van der Waals surface area contributed by atoms with Crippen LogP contribution in [0.25, 0.3) is 0 Å². The van der Waals surface area contributed by atoms with Gasteiger partial charge < -0.3 is 9.64 Å². The van der Waals surface area contributed by atoms with E-state index in [0.717, 1.165) is 45.4 Å². The molecule has 28 heavy (non-hydrogen) atoms. The van der Waals surface area contributed by atoms with E-state index in [9.17, 15) is 4.79 Å². The number of carbonyl (C=O) groups excluding carboxylic acids is 1. The van der Waals surface area contributed by atoms with Crippen LogP contribution in [0, 0.1) is 0 Å². The quantitative estimate of drug-likeness (QED) is 0.786. The summed E-state index contributed by atoms with van der Waals surface area (Å²) in [5.74, 6) is 0.0973. The average molecular weight is 390 g/mol. The first kappa shape index (κ1) is 19.9. The summed E-state index contributed by atoms with van der Waals surface area (Å²) < 4.78 is 8.02. The Labute approximate surface area is 168 Å². The van der Waals surface area contributed by atoms with Crippen molar-refractivity contribution in [3.63, 3.8) is 0 Å². The molecule has 7 nitrogen and oxygen atoms in total. The summed E-state index contributed by atoms with van der Waals surface area (Å²) in [7, 11) is 1.85. The maximum Gasteiger partial charge on any atom is 0.257 e. The summed E-state index contributed by atoms with van der Waals surface area (Å²) in [6, 6.07) is 1.27. The van der Waals surface area contributed by atoms with Crippen LogP contribution >= 0.6 is 0 Å². The van der Waals surface area contributed by atoms with Gasteiger partial charge in [-0.3, -0.25) is 19.3 Å². The van der Waals surface area contributed by atoms with Gasteiger partial charge in [-0.25, -0.2) is 0 Å². The SMILES string of the molecule is CC(C)N1CCN([C@@H]2CCOC3(CCN(C(=O)c4cnn(C)c4)CC3)C2)CC1. The topological polar surface area (TPSA) is 53.8 Å². The van der Waals surface area contributed by atoms with Gasteiger partial charge in [0.25, 0.3) is 5.91 Å². The number of piperazine rings is 1. The van der Waals surface area contributed by atoms with Crippen molar-refractivity contribution in [2.45, 2.75) is 57.2 Å². The summed E-state index contributed by atoms with van der Waals surface area (Å²) in [4.78, 5) is 19.9. The predicted molar refractivity (Wildman–Crippen MR) is 108 cm³/mol. The largest absolute Gasteiger partial charge is 0.375 e. The molecule has 1 atom stereocenters. The van der Waals surface area contributed by atoms with Gasteiger partial charge in [-0.1, -0.05) is 0 Å². The second-order valence-electron chi connectivity index (χ2n) is 9.04. The zero-order valence-corrected chi connectivity index (χ0v) is 17.6.